The Morgan fingerprint density at radius 2 is 1.87 bits per heavy atom. The van der Waals surface area contributed by atoms with Crippen LogP contribution in [0, 0.1) is 17.8 Å². The Balaban J connectivity index is 1.74. The van der Waals surface area contributed by atoms with Gasteiger partial charge in [-0.3, -0.25) is 9.59 Å². The molecule has 23 heavy (non-hydrogen) atoms. The minimum atomic E-state index is -0.898. The summed E-state index contributed by atoms with van der Waals surface area (Å²) in [6.45, 7) is 5.08. The van der Waals surface area contributed by atoms with Gasteiger partial charge < -0.3 is 19.9 Å². The second kappa shape index (κ2) is 6.10. The quantitative estimate of drug-likeness (QED) is 0.867. The van der Waals surface area contributed by atoms with Crippen molar-refractivity contribution in [2.24, 2.45) is 17.8 Å². The van der Waals surface area contributed by atoms with Crippen LogP contribution >= 0.6 is 0 Å². The molecule has 1 aliphatic heterocycles. The number of carboxylic acids is 1. The molecule has 6 nitrogen and oxygen atoms in total. The van der Waals surface area contributed by atoms with Crippen LogP contribution in [0.3, 0.4) is 0 Å². The second-order valence-corrected chi connectivity index (χ2v) is 6.42. The predicted octanol–water partition coefficient (Wildman–Crippen LogP) is 1.99. The molecule has 1 saturated carbocycles. The van der Waals surface area contributed by atoms with E-state index in [9.17, 15) is 9.59 Å². The van der Waals surface area contributed by atoms with E-state index >= 15 is 0 Å². The van der Waals surface area contributed by atoms with E-state index in [-0.39, 0.29) is 17.9 Å². The molecular weight excluding hydrogens is 298 g/mol. The number of hydrogen-bond acceptors (Lipinski definition) is 4. The molecule has 1 heterocycles. The monoisotopic (exact) mass is 319 g/mol. The number of hydrogen-bond donors (Lipinski definition) is 2. The zero-order chi connectivity index (χ0) is 16.6. The van der Waals surface area contributed by atoms with Crippen LogP contribution in [0.4, 0.5) is 0 Å². The first-order valence-electron chi connectivity index (χ1n) is 7.90. The molecule has 1 amide bonds. The fourth-order valence-corrected chi connectivity index (χ4v) is 2.91. The van der Waals surface area contributed by atoms with Crippen molar-refractivity contribution in [2.45, 2.75) is 26.3 Å². The van der Waals surface area contributed by atoms with E-state index in [2.05, 4.69) is 5.32 Å². The van der Waals surface area contributed by atoms with Gasteiger partial charge in [0.25, 0.3) is 0 Å². The Kier molecular flexibility index (Phi) is 4.15. The van der Waals surface area contributed by atoms with Crippen LogP contribution in [0.25, 0.3) is 0 Å². The van der Waals surface area contributed by atoms with Crippen LogP contribution in [0.5, 0.6) is 11.5 Å². The number of ether oxygens (including phenoxy) is 2. The topological polar surface area (TPSA) is 84.9 Å². The van der Waals surface area contributed by atoms with Gasteiger partial charge in [0.1, 0.15) is 13.2 Å². The summed E-state index contributed by atoms with van der Waals surface area (Å²) in [7, 11) is 0. The summed E-state index contributed by atoms with van der Waals surface area (Å²) in [6.07, 6.45) is 0.424. The highest BCUT2D eigenvalue weighted by Crippen LogP contribution is 2.40. The molecule has 0 aromatic heterocycles. The van der Waals surface area contributed by atoms with E-state index in [1.165, 1.54) is 0 Å². The fraction of sp³-hybridized carbons (Fsp3) is 0.529. The van der Waals surface area contributed by atoms with Crippen molar-refractivity contribution >= 4 is 11.9 Å². The van der Waals surface area contributed by atoms with Crippen LogP contribution in [0.1, 0.15) is 31.9 Å². The van der Waals surface area contributed by atoms with E-state index in [0.29, 0.717) is 31.1 Å². The number of benzene rings is 1. The maximum atomic E-state index is 12.3. The number of fused-ring (bicyclic) bond motifs is 1. The molecular formula is C17H21NO5. The van der Waals surface area contributed by atoms with Gasteiger partial charge >= 0.3 is 5.97 Å². The van der Waals surface area contributed by atoms with Crippen molar-refractivity contribution in [3.8, 4) is 11.5 Å². The molecule has 3 rings (SSSR count). The Labute approximate surface area is 134 Å². The number of nitrogens with one attached hydrogen (secondary N) is 1. The van der Waals surface area contributed by atoms with Crippen molar-refractivity contribution in [3.05, 3.63) is 23.8 Å². The van der Waals surface area contributed by atoms with Gasteiger partial charge in [0.05, 0.1) is 17.9 Å². The second-order valence-electron chi connectivity index (χ2n) is 6.42. The van der Waals surface area contributed by atoms with Crippen LogP contribution in [0.2, 0.25) is 0 Å². The smallest absolute Gasteiger partial charge is 0.307 e. The molecule has 3 atom stereocenters. The van der Waals surface area contributed by atoms with Crippen LogP contribution < -0.4 is 14.8 Å². The number of aliphatic carboxylic acids is 1. The lowest BCUT2D eigenvalue weighted by Crippen LogP contribution is -2.33. The van der Waals surface area contributed by atoms with Gasteiger partial charge in [0.15, 0.2) is 11.5 Å². The summed E-state index contributed by atoms with van der Waals surface area (Å²) >= 11 is 0. The zero-order valence-corrected chi connectivity index (χ0v) is 13.2. The molecule has 3 unspecified atom stereocenters. The van der Waals surface area contributed by atoms with E-state index in [0.717, 1.165) is 5.56 Å². The molecule has 1 fully saturated rings. The summed E-state index contributed by atoms with van der Waals surface area (Å²) in [4.78, 5) is 23.2. The first-order chi connectivity index (χ1) is 11.0. The number of amides is 1. The van der Waals surface area contributed by atoms with Crippen LogP contribution in [0.15, 0.2) is 18.2 Å². The molecule has 1 aromatic carbocycles. The lowest BCUT2D eigenvalue weighted by Gasteiger charge is -2.25. The number of carboxylic acid groups (broad SMARTS) is 1. The van der Waals surface area contributed by atoms with Gasteiger partial charge in [0, 0.05) is 0 Å². The van der Waals surface area contributed by atoms with Gasteiger partial charge in [-0.1, -0.05) is 19.9 Å². The van der Waals surface area contributed by atoms with Crippen molar-refractivity contribution in [2.75, 3.05) is 13.2 Å². The predicted molar refractivity (Wildman–Crippen MR) is 82.4 cm³/mol. The van der Waals surface area contributed by atoms with Gasteiger partial charge in [-0.05, 0) is 30.0 Å². The largest absolute Gasteiger partial charge is 0.486 e. The molecule has 1 aromatic rings. The summed E-state index contributed by atoms with van der Waals surface area (Å²) in [6, 6.07) is 5.47. The van der Waals surface area contributed by atoms with Crippen LogP contribution in [-0.4, -0.2) is 30.2 Å². The van der Waals surface area contributed by atoms with Crippen molar-refractivity contribution in [3.63, 3.8) is 0 Å². The highest BCUT2D eigenvalue weighted by molar-refractivity contribution is 5.89. The Bertz CT molecular complexity index is 627. The normalized spacial score (nSPS) is 23.3. The fourth-order valence-electron chi connectivity index (χ4n) is 2.91. The summed E-state index contributed by atoms with van der Waals surface area (Å²) in [5, 5.41) is 11.9. The molecule has 2 aliphatic rings. The number of rotatable bonds is 5. The van der Waals surface area contributed by atoms with E-state index in [1.807, 2.05) is 32.0 Å². The highest BCUT2D eigenvalue weighted by Gasteiger charge is 2.48. The average molecular weight is 319 g/mol. The van der Waals surface area contributed by atoms with Crippen molar-refractivity contribution < 1.29 is 24.2 Å². The third-order valence-electron chi connectivity index (χ3n) is 4.33. The maximum absolute atomic E-state index is 12.3. The summed E-state index contributed by atoms with van der Waals surface area (Å²) < 4.78 is 11.1. The van der Waals surface area contributed by atoms with E-state index < -0.39 is 17.8 Å². The Morgan fingerprint density at radius 1 is 1.17 bits per heavy atom. The van der Waals surface area contributed by atoms with Gasteiger partial charge in [-0.2, -0.15) is 0 Å². The maximum Gasteiger partial charge on any atom is 0.307 e. The average Bonchev–Trinajstić information content (AvgIpc) is 3.32. The molecule has 124 valence electrons. The molecule has 1 aliphatic carbocycles. The third kappa shape index (κ3) is 3.25. The first-order valence-corrected chi connectivity index (χ1v) is 7.90. The van der Waals surface area contributed by atoms with Crippen LogP contribution in [-0.2, 0) is 9.59 Å². The minimum absolute atomic E-state index is 0.170. The van der Waals surface area contributed by atoms with E-state index in [1.54, 1.807) is 0 Å². The van der Waals surface area contributed by atoms with E-state index in [4.69, 9.17) is 14.6 Å². The Hall–Kier alpha value is -2.24. The first kappa shape index (κ1) is 15.6. The Morgan fingerprint density at radius 3 is 2.48 bits per heavy atom. The van der Waals surface area contributed by atoms with Gasteiger partial charge in [0.2, 0.25) is 5.91 Å². The minimum Gasteiger partial charge on any atom is -0.486 e. The number of carbonyl (C=O) groups excluding carboxylic acids is 1. The molecule has 0 radical (unpaired) electrons. The van der Waals surface area contributed by atoms with Crippen molar-refractivity contribution in [1.29, 1.82) is 0 Å². The lowest BCUT2D eigenvalue weighted by atomic mass is 9.95. The SMILES string of the molecule is CC(C)C(NC(=O)C1CC1C(=O)O)c1ccc2c(c1)OCCO2. The molecule has 0 spiro atoms. The van der Waals surface area contributed by atoms with Gasteiger partial charge in [-0.25, -0.2) is 0 Å². The van der Waals surface area contributed by atoms with Gasteiger partial charge in [-0.15, -0.1) is 0 Å². The summed E-state index contributed by atoms with van der Waals surface area (Å²) in [5.41, 5.74) is 0.935. The summed E-state index contributed by atoms with van der Waals surface area (Å²) in [5.74, 6) is -0.473. The zero-order valence-electron chi connectivity index (χ0n) is 13.2. The highest BCUT2D eigenvalue weighted by atomic mass is 16.6. The molecule has 0 saturated heterocycles. The molecule has 2 N–H and O–H groups in total. The third-order valence-corrected chi connectivity index (χ3v) is 4.33. The standard InChI is InChI=1S/C17H21NO5/c1-9(2)15(18-16(19)11-8-12(11)17(20)21)10-3-4-13-14(7-10)23-6-5-22-13/h3-4,7,9,11-12,15H,5-6,8H2,1-2H3,(H,18,19)(H,20,21). The molecule has 6 heteroatoms. The molecule has 0 bridgehead atoms. The number of carbonyl (C=O) groups is 2. The van der Waals surface area contributed by atoms with Crippen molar-refractivity contribution in [1.82, 2.24) is 5.32 Å². The lowest BCUT2D eigenvalue weighted by molar-refractivity contribution is -0.140.